The van der Waals surface area contributed by atoms with Crippen LogP contribution >= 0.6 is 0 Å². The minimum Gasteiger partial charge on any atom is -0.485 e. The summed E-state index contributed by atoms with van der Waals surface area (Å²) in [4.78, 5) is 4.56. The second kappa shape index (κ2) is 7.22. The molecule has 0 saturated carbocycles. The van der Waals surface area contributed by atoms with Gasteiger partial charge in [-0.1, -0.05) is 19.0 Å². The first-order chi connectivity index (χ1) is 10.0. The van der Waals surface area contributed by atoms with Gasteiger partial charge in [0, 0.05) is 18.3 Å². The number of aryl methyl sites for hydroxylation is 2. The lowest BCUT2D eigenvalue weighted by atomic mass is 10.2. The van der Waals surface area contributed by atoms with Gasteiger partial charge in [-0.25, -0.2) is 0 Å². The van der Waals surface area contributed by atoms with Crippen molar-refractivity contribution in [3.8, 4) is 5.75 Å². The standard InChI is InChI=1S/C16H23N3O2/c1-11(2)8-17-9-15-16(6-5-12(3)18-15)20-10-14-7-13(4)21-19-14/h5-7,11,17H,8-10H2,1-4H3. The summed E-state index contributed by atoms with van der Waals surface area (Å²) in [7, 11) is 0. The molecular formula is C16H23N3O2. The molecule has 2 aromatic rings. The van der Waals surface area contributed by atoms with Crippen LogP contribution in [0.3, 0.4) is 0 Å². The molecule has 0 unspecified atom stereocenters. The third kappa shape index (κ3) is 4.86. The number of ether oxygens (including phenoxy) is 1. The van der Waals surface area contributed by atoms with E-state index < -0.39 is 0 Å². The zero-order chi connectivity index (χ0) is 15.2. The molecule has 0 saturated heterocycles. The molecule has 1 N–H and O–H groups in total. The minimum atomic E-state index is 0.388. The fourth-order valence-electron chi connectivity index (χ4n) is 1.97. The maximum atomic E-state index is 5.82. The number of nitrogens with zero attached hydrogens (tertiary/aromatic N) is 2. The minimum absolute atomic E-state index is 0.388. The van der Waals surface area contributed by atoms with Crippen LogP contribution in [0.25, 0.3) is 0 Å². The van der Waals surface area contributed by atoms with Crippen molar-refractivity contribution in [1.29, 1.82) is 0 Å². The number of aromatic nitrogens is 2. The zero-order valence-corrected chi connectivity index (χ0v) is 13.1. The lowest BCUT2D eigenvalue weighted by molar-refractivity contribution is 0.283. The lowest BCUT2D eigenvalue weighted by Crippen LogP contribution is -2.20. The first-order valence-electron chi connectivity index (χ1n) is 7.27. The molecule has 0 spiro atoms. The van der Waals surface area contributed by atoms with Crippen molar-refractivity contribution >= 4 is 0 Å². The van der Waals surface area contributed by atoms with Gasteiger partial charge in [-0.05, 0) is 38.4 Å². The van der Waals surface area contributed by atoms with Crippen LogP contribution in [0.5, 0.6) is 5.75 Å². The van der Waals surface area contributed by atoms with Gasteiger partial charge < -0.3 is 14.6 Å². The fraction of sp³-hybridized carbons (Fsp3) is 0.500. The van der Waals surface area contributed by atoms with Gasteiger partial charge in [0.15, 0.2) is 0 Å². The predicted octanol–water partition coefficient (Wildman–Crippen LogP) is 3.01. The van der Waals surface area contributed by atoms with E-state index in [1.165, 1.54) is 0 Å². The first-order valence-corrected chi connectivity index (χ1v) is 7.27. The molecule has 0 radical (unpaired) electrons. The molecule has 2 rings (SSSR count). The molecule has 0 aromatic carbocycles. The van der Waals surface area contributed by atoms with Crippen molar-refractivity contribution in [3.05, 3.63) is 41.0 Å². The highest BCUT2D eigenvalue weighted by Gasteiger charge is 2.08. The highest BCUT2D eigenvalue weighted by molar-refractivity contribution is 5.29. The Morgan fingerprint density at radius 1 is 1.29 bits per heavy atom. The molecule has 21 heavy (non-hydrogen) atoms. The molecule has 0 aliphatic rings. The quantitative estimate of drug-likeness (QED) is 0.849. The second-order valence-corrected chi connectivity index (χ2v) is 5.64. The van der Waals surface area contributed by atoms with Gasteiger partial charge in [0.25, 0.3) is 0 Å². The van der Waals surface area contributed by atoms with Crippen LogP contribution in [0, 0.1) is 19.8 Å². The molecule has 0 fully saturated rings. The van der Waals surface area contributed by atoms with Crippen LogP contribution in [0.1, 0.15) is 36.7 Å². The van der Waals surface area contributed by atoms with Gasteiger partial charge in [0.05, 0.1) is 5.69 Å². The molecule has 2 aromatic heterocycles. The van der Waals surface area contributed by atoms with E-state index in [-0.39, 0.29) is 0 Å². The Hall–Kier alpha value is -1.88. The maximum absolute atomic E-state index is 5.82. The summed E-state index contributed by atoms with van der Waals surface area (Å²) in [5.41, 5.74) is 2.70. The van der Waals surface area contributed by atoms with Crippen molar-refractivity contribution < 1.29 is 9.26 Å². The molecular weight excluding hydrogens is 266 g/mol. The van der Waals surface area contributed by atoms with E-state index >= 15 is 0 Å². The van der Waals surface area contributed by atoms with Gasteiger partial charge in [-0.2, -0.15) is 0 Å². The van der Waals surface area contributed by atoms with E-state index in [4.69, 9.17) is 9.26 Å². The number of pyridine rings is 1. The van der Waals surface area contributed by atoms with Gasteiger partial charge in [0.1, 0.15) is 23.8 Å². The van der Waals surface area contributed by atoms with E-state index in [0.717, 1.165) is 35.1 Å². The summed E-state index contributed by atoms with van der Waals surface area (Å²) in [5.74, 6) is 2.18. The highest BCUT2D eigenvalue weighted by atomic mass is 16.5. The Morgan fingerprint density at radius 2 is 2.10 bits per heavy atom. The molecule has 0 atom stereocenters. The summed E-state index contributed by atoms with van der Waals surface area (Å²) in [5, 5.41) is 7.32. The lowest BCUT2D eigenvalue weighted by Gasteiger charge is -2.12. The Morgan fingerprint density at radius 3 is 2.76 bits per heavy atom. The number of hydrogen-bond donors (Lipinski definition) is 1. The molecule has 0 bridgehead atoms. The largest absolute Gasteiger partial charge is 0.485 e. The van der Waals surface area contributed by atoms with Crippen molar-refractivity contribution in [1.82, 2.24) is 15.5 Å². The van der Waals surface area contributed by atoms with Gasteiger partial charge in [0.2, 0.25) is 0 Å². The van der Waals surface area contributed by atoms with Crippen LogP contribution in [0.2, 0.25) is 0 Å². The van der Waals surface area contributed by atoms with Gasteiger partial charge >= 0.3 is 0 Å². The van der Waals surface area contributed by atoms with E-state index in [9.17, 15) is 0 Å². The van der Waals surface area contributed by atoms with Crippen LogP contribution in [-0.4, -0.2) is 16.7 Å². The zero-order valence-electron chi connectivity index (χ0n) is 13.1. The molecule has 0 aliphatic heterocycles. The molecule has 5 heteroatoms. The van der Waals surface area contributed by atoms with Crippen molar-refractivity contribution in [3.63, 3.8) is 0 Å². The Labute approximate surface area is 125 Å². The molecule has 5 nitrogen and oxygen atoms in total. The van der Waals surface area contributed by atoms with E-state index in [1.54, 1.807) is 0 Å². The molecule has 114 valence electrons. The Bertz CT molecular complexity index is 579. The maximum Gasteiger partial charge on any atom is 0.142 e. The first kappa shape index (κ1) is 15.5. The average molecular weight is 289 g/mol. The summed E-state index contributed by atoms with van der Waals surface area (Å²) >= 11 is 0. The van der Waals surface area contributed by atoms with Crippen molar-refractivity contribution in [2.45, 2.75) is 40.8 Å². The van der Waals surface area contributed by atoms with Gasteiger partial charge in [-0.15, -0.1) is 0 Å². The average Bonchev–Trinajstić information content (AvgIpc) is 2.83. The van der Waals surface area contributed by atoms with Crippen molar-refractivity contribution in [2.24, 2.45) is 5.92 Å². The fourth-order valence-corrected chi connectivity index (χ4v) is 1.97. The van der Waals surface area contributed by atoms with E-state index in [2.05, 4.69) is 29.3 Å². The second-order valence-electron chi connectivity index (χ2n) is 5.64. The highest BCUT2D eigenvalue weighted by Crippen LogP contribution is 2.18. The normalized spacial score (nSPS) is 11.1. The van der Waals surface area contributed by atoms with Crippen molar-refractivity contribution in [2.75, 3.05) is 6.54 Å². The topological polar surface area (TPSA) is 60.2 Å². The third-order valence-corrected chi connectivity index (χ3v) is 2.97. The Balaban J connectivity index is 2.00. The van der Waals surface area contributed by atoms with Crippen LogP contribution in [0.15, 0.2) is 22.7 Å². The number of nitrogens with one attached hydrogen (secondary N) is 1. The van der Waals surface area contributed by atoms with Gasteiger partial charge in [-0.3, -0.25) is 4.98 Å². The van der Waals surface area contributed by atoms with E-state index in [1.807, 2.05) is 32.0 Å². The molecule has 2 heterocycles. The smallest absolute Gasteiger partial charge is 0.142 e. The summed E-state index contributed by atoms with van der Waals surface area (Å²) < 4.78 is 10.9. The summed E-state index contributed by atoms with van der Waals surface area (Å²) in [6.45, 7) is 10.3. The van der Waals surface area contributed by atoms with Crippen LogP contribution < -0.4 is 10.1 Å². The summed E-state index contributed by atoms with van der Waals surface area (Å²) in [6.07, 6.45) is 0. The SMILES string of the molecule is Cc1ccc(OCc2cc(C)on2)c(CNCC(C)C)n1. The monoisotopic (exact) mass is 289 g/mol. The van der Waals surface area contributed by atoms with Crippen LogP contribution in [0.4, 0.5) is 0 Å². The molecule has 0 amide bonds. The Kier molecular flexibility index (Phi) is 5.33. The van der Waals surface area contributed by atoms with E-state index in [0.29, 0.717) is 19.1 Å². The third-order valence-electron chi connectivity index (χ3n) is 2.97. The number of hydrogen-bond acceptors (Lipinski definition) is 5. The number of rotatable bonds is 7. The van der Waals surface area contributed by atoms with Crippen LogP contribution in [-0.2, 0) is 13.2 Å². The summed E-state index contributed by atoms with van der Waals surface area (Å²) in [6, 6.07) is 5.79. The predicted molar refractivity (Wildman–Crippen MR) is 81.1 cm³/mol. The molecule has 0 aliphatic carbocycles.